The van der Waals surface area contributed by atoms with Crippen LogP contribution in [0.4, 0.5) is 0 Å². The van der Waals surface area contributed by atoms with Gasteiger partial charge in [0.1, 0.15) is 5.76 Å². The molecule has 2 atom stereocenters. The number of amidine groups is 1. The molecular weight excluding hydrogens is 412 g/mol. The number of rotatable bonds is 4. The van der Waals surface area contributed by atoms with Crippen molar-refractivity contribution < 1.29 is 19.1 Å². The van der Waals surface area contributed by atoms with Crippen molar-refractivity contribution in [1.29, 1.82) is 0 Å². The van der Waals surface area contributed by atoms with Crippen LogP contribution in [0.3, 0.4) is 0 Å². The van der Waals surface area contributed by atoms with Crippen LogP contribution < -0.4 is 0 Å². The Kier molecular flexibility index (Phi) is 5.54. The topological polar surface area (TPSA) is 75.3 Å². The van der Waals surface area contributed by atoms with Crippen molar-refractivity contribution >= 4 is 40.6 Å². The molecule has 3 heterocycles. The Hall–Kier alpha value is -2.48. The highest BCUT2D eigenvalue weighted by Gasteiger charge is 2.45. The molecule has 29 heavy (non-hydrogen) atoms. The van der Waals surface area contributed by atoms with Crippen LogP contribution in [-0.4, -0.2) is 34.0 Å². The predicted molar refractivity (Wildman–Crippen MR) is 113 cm³/mol. The van der Waals surface area contributed by atoms with Gasteiger partial charge in [-0.1, -0.05) is 35.5 Å². The Balaban J connectivity index is 1.80. The molecule has 0 spiro atoms. The van der Waals surface area contributed by atoms with Gasteiger partial charge in [-0.25, -0.2) is 9.79 Å². The van der Waals surface area contributed by atoms with Crippen LogP contribution in [0.5, 0.6) is 0 Å². The van der Waals surface area contributed by atoms with Crippen LogP contribution in [0.1, 0.15) is 31.2 Å². The lowest BCUT2D eigenvalue weighted by atomic mass is 9.94. The van der Waals surface area contributed by atoms with Crippen LogP contribution in [-0.2, 0) is 9.53 Å². The molecule has 1 fully saturated rings. The zero-order valence-electron chi connectivity index (χ0n) is 15.8. The molecule has 0 saturated carbocycles. The number of carbonyl (C=O) groups excluding carboxylic acids is 1. The maximum Gasteiger partial charge on any atom is 0.338 e. The van der Waals surface area contributed by atoms with E-state index in [1.165, 1.54) is 11.8 Å². The monoisotopic (exact) mass is 430 g/mol. The first kappa shape index (κ1) is 19.8. The molecule has 150 valence electrons. The normalized spacial score (nSPS) is 22.7. The summed E-state index contributed by atoms with van der Waals surface area (Å²) in [7, 11) is 0. The van der Waals surface area contributed by atoms with E-state index in [4.69, 9.17) is 20.8 Å². The number of aliphatic hydroxyl groups excluding tert-OH is 1. The number of allylic oxidation sites excluding steroid dienone is 1. The van der Waals surface area contributed by atoms with Gasteiger partial charge in [0, 0.05) is 9.93 Å². The van der Waals surface area contributed by atoms with E-state index in [0.717, 1.165) is 5.56 Å². The quantitative estimate of drug-likeness (QED) is 0.715. The van der Waals surface area contributed by atoms with Crippen LogP contribution in [0.25, 0.3) is 6.08 Å². The van der Waals surface area contributed by atoms with Crippen molar-refractivity contribution in [1.82, 2.24) is 4.90 Å². The van der Waals surface area contributed by atoms with Gasteiger partial charge in [-0.05, 0) is 49.8 Å². The summed E-state index contributed by atoms with van der Waals surface area (Å²) in [5, 5.41) is 12.3. The summed E-state index contributed by atoms with van der Waals surface area (Å²) >= 11 is 7.40. The van der Waals surface area contributed by atoms with Gasteiger partial charge >= 0.3 is 5.97 Å². The highest BCUT2D eigenvalue weighted by atomic mass is 35.5. The van der Waals surface area contributed by atoms with Crippen LogP contribution in [0, 0.1) is 0 Å². The number of aliphatic imine (C=N–C) groups is 1. The number of fused-ring (bicyclic) bond motifs is 1. The first-order valence-corrected chi connectivity index (χ1v) is 10.3. The maximum atomic E-state index is 12.8. The molecule has 1 N–H and O–H groups in total. The van der Waals surface area contributed by atoms with Gasteiger partial charge in [0.15, 0.2) is 11.4 Å². The molecule has 0 aliphatic carbocycles. The highest BCUT2D eigenvalue weighted by molar-refractivity contribution is 8.17. The number of halogens is 1. The van der Waals surface area contributed by atoms with Gasteiger partial charge in [0.2, 0.25) is 0 Å². The number of hydrogen-bond donors (Lipinski definition) is 1. The Bertz CT molecular complexity index is 1010. The molecule has 0 bridgehead atoms. The van der Waals surface area contributed by atoms with E-state index in [0.29, 0.717) is 32.1 Å². The summed E-state index contributed by atoms with van der Waals surface area (Å²) in [5.74, 6) is 0.179. The van der Waals surface area contributed by atoms with Gasteiger partial charge in [-0.15, -0.1) is 0 Å². The molecule has 4 rings (SSSR count). The molecule has 1 saturated heterocycles. The number of thioether (sulfide) groups is 1. The third-order valence-electron chi connectivity index (χ3n) is 4.66. The lowest BCUT2D eigenvalue weighted by molar-refractivity contribution is -0.139. The van der Waals surface area contributed by atoms with Crippen molar-refractivity contribution in [3.05, 3.63) is 75.2 Å². The minimum absolute atomic E-state index is 0.250. The second-order valence-corrected chi connectivity index (χ2v) is 7.99. The summed E-state index contributed by atoms with van der Waals surface area (Å²) in [5.41, 5.74) is 1.77. The van der Waals surface area contributed by atoms with Gasteiger partial charge in [-0.3, -0.25) is 0 Å². The van der Waals surface area contributed by atoms with Crippen molar-refractivity contribution in [2.45, 2.75) is 26.1 Å². The van der Waals surface area contributed by atoms with Gasteiger partial charge in [-0.2, -0.15) is 0 Å². The Morgan fingerprint density at radius 3 is 2.79 bits per heavy atom. The van der Waals surface area contributed by atoms with Crippen molar-refractivity contribution in [3.63, 3.8) is 0 Å². The molecule has 0 amide bonds. The molecule has 2 aliphatic heterocycles. The minimum Gasteiger partial charge on any atom is -0.465 e. The number of esters is 1. The first-order valence-electron chi connectivity index (χ1n) is 9.11. The SMILES string of the molecule is CCOC(=O)C1=C(C)N=C2SC(=Cc3ccco3)C(O)N2C1c1ccc(Cl)cc1. The van der Waals surface area contributed by atoms with Crippen LogP contribution in [0.15, 0.2) is 68.2 Å². The number of furan rings is 1. The molecule has 1 aromatic heterocycles. The van der Waals surface area contributed by atoms with Crippen LogP contribution in [0.2, 0.25) is 5.02 Å². The number of aliphatic hydroxyl groups is 1. The summed E-state index contributed by atoms with van der Waals surface area (Å²) < 4.78 is 10.7. The second-order valence-electron chi connectivity index (χ2n) is 6.51. The molecule has 2 unspecified atom stereocenters. The van der Waals surface area contributed by atoms with Crippen LogP contribution >= 0.6 is 23.4 Å². The summed E-state index contributed by atoms with van der Waals surface area (Å²) in [6, 6.07) is 10.2. The number of nitrogens with zero attached hydrogens (tertiary/aromatic N) is 2. The zero-order chi connectivity index (χ0) is 20.5. The fraction of sp³-hybridized carbons (Fsp3) is 0.238. The Morgan fingerprint density at radius 2 is 2.14 bits per heavy atom. The van der Waals surface area contributed by atoms with Crippen molar-refractivity contribution in [3.8, 4) is 0 Å². The molecule has 2 aromatic rings. The number of benzene rings is 1. The van der Waals surface area contributed by atoms with E-state index in [9.17, 15) is 9.90 Å². The van der Waals surface area contributed by atoms with Gasteiger partial charge < -0.3 is 19.2 Å². The van der Waals surface area contributed by atoms with E-state index in [1.807, 2.05) is 18.2 Å². The number of hydrogen-bond acceptors (Lipinski definition) is 7. The first-order chi connectivity index (χ1) is 14.0. The van der Waals surface area contributed by atoms with Gasteiger partial charge in [0.25, 0.3) is 0 Å². The Labute approximate surface area is 177 Å². The third kappa shape index (κ3) is 3.73. The van der Waals surface area contributed by atoms with E-state index in [-0.39, 0.29) is 6.61 Å². The molecular formula is C21H19ClN2O4S. The lowest BCUT2D eigenvalue weighted by Gasteiger charge is -2.36. The summed E-state index contributed by atoms with van der Waals surface area (Å²) in [4.78, 5) is 19.7. The van der Waals surface area contributed by atoms with E-state index >= 15 is 0 Å². The average Bonchev–Trinajstić information content (AvgIpc) is 3.30. The summed E-state index contributed by atoms with van der Waals surface area (Å²) in [6.45, 7) is 3.79. The van der Waals surface area contributed by atoms with E-state index in [1.54, 1.807) is 49.3 Å². The molecule has 0 radical (unpaired) electrons. The molecule has 2 aliphatic rings. The molecule has 8 heteroatoms. The summed E-state index contributed by atoms with van der Waals surface area (Å²) in [6.07, 6.45) is 2.36. The second kappa shape index (κ2) is 8.10. The zero-order valence-corrected chi connectivity index (χ0v) is 17.4. The van der Waals surface area contributed by atoms with E-state index in [2.05, 4.69) is 4.99 Å². The fourth-order valence-electron chi connectivity index (χ4n) is 3.38. The molecule has 6 nitrogen and oxygen atoms in total. The number of ether oxygens (including phenoxy) is 1. The van der Waals surface area contributed by atoms with Crippen molar-refractivity contribution in [2.75, 3.05) is 6.61 Å². The van der Waals surface area contributed by atoms with Gasteiger partial charge in [0.05, 0.1) is 30.2 Å². The minimum atomic E-state index is -0.984. The molecule has 1 aromatic carbocycles. The third-order valence-corrected chi connectivity index (χ3v) is 5.96. The Morgan fingerprint density at radius 1 is 1.38 bits per heavy atom. The van der Waals surface area contributed by atoms with E-state index < -0.39 is 18.2 Å². The lowest BCUT2D eigenvalue weighted by Crippen LogP contribution is -2.41. The van der Waals surface area contributed by atoms with Crippen molar-refractivity contribution in [2.24, 2.45) is 4.99 Å². The standard InChI is InChI=1S/C21H19ClN2O4S/c1-3-27-20(26)17-12(2)23-21-24(18(17)13-6-8-14(22)9-7-13)19(25)16(29-21)11-15-5-4-10-28-15/h4-11,18-19,25H,3H2,1-2H3. The predicted octanol–water partition coefficient (Wildman–Crippen LogP) is 4.59. The number of carbonyl (C=O) groups is 1. The maximum absolute atomic E-state index is 12.8. The smallest absolute Gasteiger partial charge is 0.338 e. The fourth-order valence-corrected chi connectivity index (χ4v) is 4.61. The largest absolute Gasteiger partial charge is 0.465 e. The average molecular weight is 431 g/mol. The highest BCUT2D eigenvalue weighted by Crippen LogP contribution is 2.47.